The lowest BCUT2D eigenvalue weighted by Crippen LogP contribution is -2.27. The van der Waals surface area contributed by atoms with Gasteiger partial charge >= 0.3 is 6.09 Å². The van der Waals surface area contributed by atoms with Crippen LogP contribution in [0.4, 0.5) is 10.5 Å². The maximum atomic E-state index is 12.2. The lowest BCUT2D eigenvalue weighted by Gasteiger charge is -2.19. The van der Waals surface area contributed by atoms with Crippen LogP contribution in [0.1, 0.15) is 43.1 Å². The average Bonchev–Trinajstić information content (AvgIpc) is 3.12. The standard InChI is InChI=1S/C22H26N2O5/c1-22(2,3)29-21(26)24-17-9-6-15(7-10-17)5-4-12-23-20(25)16-8-11-18-19(13-16)28-14-27-18/h6-11,13H,4-5,12,14H2,1-3H3,(H,23,25)(H,24,26). The molecule has 7 nitrogen and oxygen atoms in total. The number of aryl methyl sites for hydroxylation is 1. The number of carbonyl (C=O) groups is 2. The van der Waals surface area contributed by atoms with Crippen LogP contribution in [0.25, 0.3) is 0 Å². The molecular weight excluding hydrogens is 372 g/mol. The maximum absolute atomic E-state index is 12.2. The lowest BCUT2D eigenvalue weighted by molar-refractivity contribution is 0.0635. The van der Waals surface area contributed by atoms with E-state index in [1.54, 1.807) is 18.2 Å². The van der Waals surface area contributed by atoms with Crippen molar-refractivity contribution in [1.29, 1.82) is 0 Å². The molecular formula is C22H26N2O5. The number of benzene rings is 2. The van der Waals surface area contributed by atoms with Gasteiger partial charge in [-0.1, -0.05) is 12.1 Å². The minimum absolute atomic E-state index is 0.139. The lowest BCUT2D eigenvalue weighted by atomic mass is 10.1. The van der Waals surface area contributed by atoms with Crippen LogP contribution in [0.5, 0.6) is 11.5 Å². The van der Waals surface area contributed by atoms with Gasteiger partial charge in [0.2, 0.25) is 6.79 Å². The molecule has 0 saturated heterocycles. The Bertz CT molecular complexity index is 872. The van der Waals surface area contributed by atoms with Crippen molar-refractivity contribution in [2.75, 3.05) is 18.7 Å². The summed E-state index contributed by atoms with van der Waals surface area (Å²) in [5, 5.41) is 5.62. The zero-order chi connectivity index (χ0) is 20.9. The van der Waals surface area contributed by atoms with Crippen molar-refractivity contribution < 1.29 is 23.8 Å². The summed E-state index contributed by atoms with van der Waals surface area (Å²) < 4.78 is 15.8. The van der Waals surface area contributed by atoms with E-state index in [1.807, 2.05) is 45.0 Å². The second-order valence-corrected chi connectivity index (χ2v) is 7.75. The summed E-state index contributed by atoms with van der Waals surface area (Å²) in [5.41, 5.74) is 1.82. The zero-order valence-corrected chi connectivity index (χ0v) is 16.9. The highest BCUT2D eigenvalue weighted by molar-refractivity contribution is 5.94. The molecule has 3 rings (SSSR count). The second-order valence-electron chi connectivity index (χ2n) is 7.75. The molecule has 1 heterocycles. The summed E-state index contributed by atoms with van der Waals surface area (Å²) in [5.74, 6) is 1.11. The smallest absolute Gasteiger partial charge is 0.412 e. The first-order valence-electron chi connectivity index (χ1n) is 9.57. The van der Waals surface area contributed by atoms with Gasteiger partial charge in [0.25, 0.3) is 5.91 Å². The van der Waals surface area contributed by atoms with Crippen molar-refractivity contribution in [2.24, 2.45) is 0 Å². The van der Waals surface area contributed by atoms with Crippen LogP contribution < -0.4 is 20.1 Å². The number of rotatable bonds is 6. The summed E-state index contributed by atoms with van der Waals surface area (Å²) in [6.07, 6.45) is 1.14. The normalized spacial score (nSPS) is 12.4. The van der Waals surface area contributed by atoms with Crippen molar-refractivity contribution in [3.8, 4) is 11.5 Å². The third-order valence-corrected chi connectivity index (χ3v) is 4.16. The third kappa shape index (κ3) is 6.14. The molecule has 2 aromatic carbocycles. The number of hydrogen-bond acceptors (Lipinski definition) is 5. The molecule has 0 spiro atoms. The van der Waals surface area contributed by atoms with Gasteiger partial charge in [0, 0.05) is 17.8 Å². The molecule has 0 aliphatic carbocycles. The number of fused-ring (bicyclic) bond motifs is 1. The van der Waals surface area contributed by atoms with Crippen LogP contribution in [0.2, 0.25) is 0 Å². The fourth-order valence-electron chi connectivity index (χ4n) is 2.81. The summed E-state index contributed by atoms with van der Waals surface area (Å²) in [6.45, 7) is 6.21. The van der Waals surface area contributed by atoms with Gasteiger partial charge in [-0.2, -0.15) is 0 Å². The Hall–Kier alpha value is -3.22. The number of hydrogen-bond donors (Lipinski definition) is 2. The van der Waals surface area contributed by atoms with Crippen molar-refractivity contribution in [3.63, 3.8) is 0 Å². The van der Waals surface area contributed by atoms with Gasteiger partial charge in [-0.3, -0.25) is 10.1 Å². The van der Waals surface area contributed by atoms with Crippen molar-refractivity contribution >= 4 is 17.7 Å². The Morgan fingerprint density at radius 2 is 1.76 bits per heavy atom. The summed E-state index contributed by atoms with van der Waals surface area (Å²) in [7, 11) is 0. The van der Waals surface area contributed by atoms with Gasteiger partial charge in [0.05, 0.1) is 0 Å². The molecule has 0 fully saturated rings. The highest BCUT2D eigenvalue weighted by atomic mass is 16.7. The molecule has 0 bridgehead atoms. The predicted octanol–water partition coefficient (Wildman–Crippen LogP) is 4.12. The van der Waals surface area contributed by atoms with Crippen LogP contribution in [-0.2, 0) is 11.2 Å². The van der Waals surface area contributed by atoms with Gasteiger partial charge < -0.3 is 19.5 Å². The van der Waals surface area contributed by atoms with Crippen LogP contribution >= 0.6 is 0 Å². The highest BCUT2D eigenvalue weighted by Gasteiger charge is 2.17. The molecule has 0 unspecified atom stereocenters. The molecule has 29 heavy (non-hydrogen) atoms. The molecule has 2 amide bonds. The molecule has 154 valence electrons. The van der Waals surface area contributed by atoms with Crippen molar-refractivity contribution in [2.45, 2.75) is 39.2 Å². The van der Waals surface area contributed by atoms with E-state index in [1.165, 1.54) is 0 Å². The van der Waals surface area contributed by atoms with E-state index in [9.17, 15) is 9.59 Å². The molecule has 2 N–H and O–H groups in total. The minimum atomic E-state index is -0.533. The molecule has 7 heteroatoms. The largest absolute Gasteiger partial charge is 0.454 e. The minimum Gasteiger partial charge on any atom is -0.454 e. The van der Waals surface area contributed by atoms with Gasteiger partial charge in [-0.15, -0.1) is 0 Å². The van der Waals surface area contributed by atoms with Crippen molar-refractivity contribution in [1.82, 2.24) is 5.32 Å². The molecule has 0 radical (unpaired) electrons. The Morgan fingerprint density at radius 1 is 1.03 bits per heavy atom. The Kier molecular flexibility index (Phi) is 6.26. The monoisotopic (exact) mass is 398 g/mol. The second kappa shape index (κ2) is 8.86. The van der Waals surface area contributed by atoms with Gasteiger partial charge in [-0.05, 0) is 69.5 Å². The van der Waals surface area contributed by atoms with Crippen molar-refractivity contribution in [3.05, 3.63) is 53.6 Å². The fourth-order valence-corrected chi connectivity index (χ4v) is 2.81. The predicted molar refractivity (Wildman–Crippen MR) is 110 cm³/mol. The Balaban J connectivity index is 1.40. The molecule has 2 aromatic rings. The summed E-state index contributed by atoms with van der Waals surface area (Å²) >= 11 is 0. The van der Waals surface area contributed by atoms with E-state index in [-0.39, 0.29) is 12.7 Å². The van der Waals surface area contributed by atoms with Crippen LogP contribution in [0.15, 0.2) is 42.5 Å². The molecule has 1 aliphatic heterocycles. The van der Waals surface area contributed by atoms with E-state index in [0.717, 1.165) is 18.4 Å². The van der Waals surface area contributed by atoms with Crippen LogP contribution in [0, 0.1) is 0 Å². The number of anilines is 1. The first-order valence-corrected chi connectivity index (χ1v) is 9.57. The van der Waals surface area contributed by atoms with Crippen LogP contribution in [0.3, 0.4) is 0 Å². The van der Waals surface area contributed by atoms with E-state index in [2.05, 4.69) is 10.6 Å². The SMILES string of the molecule is CC(C)(C)OC(=O)Nc1ccc(CCCNC(=O)c2ccc3c(c2)OCO3)cc1. The van der Waals surface area contributed by atoms with Gasteiger partial charge in [-0.25, -0.2) is 4.79 Å². The van der Waals surface area contributed by atoms with E-state index in [0.29, 0.717) is 29.3 Å². The molecule has 0 atom stereocenters. The summed E-state index contributed by atoms with van der Waals surface area (Å²) in [6, 6.07) is 12.7. The fraction of sp³-hybridized carbons (Fsp3) is 0.364. The average molecular weight is 398 g/mol. The Morgan fingerprint density at radius 3 is 2.48 bits per heavy atom. The summed E-state index contributed by atoms with van der Waals surface area (Å²) in [4.78, 5) is 24.0. The van der Waals surface area contributed by atoms with Crippen LogP contribution in [-0.4, -0.2) is 30.9 Å². The maximum Gasteiger partial charge on any atom is 0.412 e. The number of amides is 2. The first-order chi connectivity index (χ1) is 13.8. The molecule has 0 saturated carbocycles. The molecule has 0 aromatic heterocycles. The number of carbonyl (C=O) groups excluding carboxylic acids is 2. The van der Waals surface area contributed by atoms with E-state index < -0.39 is 11.7 Å². The first kappa shape index (κ1) is 20.5. The van der Waals surface area contributed by atoms with Gasteiger partial charge in [0.1, 0.15) is 5.60 Å². The zero-order valence-electron chi connectivity index (χ0n) is 16.9. The van der Waals surface area contributed by atoms with E-state index in [4.69, 9.17) is 14.2 Å². The topological polar surface area (TPSA) is 85.9 Å². The molecule has 1 aliphatic rings. The van der Waals surface area contributed by atoms with Gasteiger partial charge in [0.15, 0.2) is 11.5 Å². The highest BCUT2D eigenvalue weighted by Crippen LogP contribution is 2.32. The quantitative estimate of drug-likeness (QED) is 0.715. The number of ether oxygens (including phenoxy) is 3. The third-order valence-electron chi connectivity index (χ3n) is 4.16. The van der Waals surface area contributed by atoms with E-state index >= 15 is 0 Å². The number of nitrogens with one attached hydrogen (secondary N) is 2. The Labute approximate surface area is 170 Å².